The van der Waals surface area contributed by atoms with E-state index in [0.717, 1.165) is 0 Å². The van der Waals surface area contributed by atoms with Gasteiger partial charge in [-0.15, -0.1) is 0 Å². The molecule has 1 aliphatic rings. The van der Waals surface area contributed by atoms with E-state index in [2.05, 4.69) is 0 Å². The van der Waals surface area contributed by atoms with Crippen LogP contribution in [0.15, 0.2) is 18.2 Å². The Morgan fingerprint density at radius 1 is 1.50 bits per heavy atom. The molecule has 0 spiro atoms. The molecule has 0 radical (unpaired) electrons. The predicted molar refractivity (Wildman–Crippen MR) is 59.7 cm³/mol. The van der Waals surface area contributed by atoms with Crippen molar-refractivity contribution < 1.29 is 14.2 Å². The summed E-state index contributed by atoms with van der Waals surface area (Å²) in [5.41, 5.74) is 0.324. The molecule has 1 aromatic carbocycles. The molecule has 2 nitrogen and oxygen atoms in total. The van der Waals surface area contributed by atoms with Crippen molar-refractivity contribution in [1.82, 2.24) is 0 Å². The highest BCUT2D eigenvalue weighted by atomic mass is 19.1. The number of aliphatic hydroxyl groups is 1. The first kappa shape index (κ1) is 11.6. The van der Waals surface area contributed by atoms with Crippen LogP contribution in [0.25, 0.3) is 0 Å². The van der Waals surface area contributed by atoms with Crippen molar-refractivity contribution in [3.05, 3.63) is 35.1 Å². The van der Waals surface area contributed by atoms with Crippen molar-refractivity contribution in [3.8, 4) is 0 Å². The fourth-order valence-electron chi connectivity index (χ4n) is 2.21. The Morgan fingerprint density at radius 2 is 2.25 bits per heavy atom. The van der Waals surface area contributed by atoms with Gasteiger partial charge in [0.25, 0.3) is 0 Å². The van der Waals surface area contributed by atoms with Gasteiger partial charge in [0.1, 0.15) is 5.82 Å². The SMILES string of the molecule is Cc1ccc(C2(O)CCOC(C)C2)cc1F. The van der Waals surface area contributed by atoms with Crippen LogP contribution in [0.1, 0.15) is 30.9 Å². The fraction of sp³-hybridized carbons (Fsp3) is 0.538. The molecule has 1 heterocycles. The number of halogens is 1. The van der Waals surface area contributed by atoms with Crippen LogP contribution in [0.5, 0.6) is 0 Å². The smallest absolute Gasteiger partial charge is 0.126 e. The monoisotopic (exact) mass is 224 g/mol. The van der Waals surface area contributed by atoms with Gasteiger partial charge in [-0.1, -0.05) is 12.1 Å². The van der Waals surface area contributed by atoms with Crippen LogP contribution >= 0.6 is 0 Å². The summed E-state index contributed by atoms with van der Waals surface area (Å²) in [5, 5.41) is 10.5. The van der Waals surface area contributed by atoms with Crippen LogP contribution in [-0.2, 0) is 10.3 Å². The van der Waals surface area contributed by atoms with Crippen LogP contribution in [0.2, 0.25) is 0 Å². The fourth-order valence-corrected chi connectivity index (χ4v) is 2.21. The number of aryl methyl sites for hydroxylation is 1. The van der Waals surface area contributed by atoms with Gasteiger partial charge >= 0.3 is 0 Å². The number of ether oxygens (including phenoxy) is 1. The van der Waals surface area contributed by atoms with E-state index < -0.39 is 5.60 Å². The number of benzene rings is 1. The van der Waals surface area contributed by atoms with Gasteiger partial charge in [0.05, 0.1) is 18.3 Å². The molecule has 0 bridgehead atoms. The van der Waals surface area contributed by atoms with E-state index in [1.54, 1.807) is 19.1 Å². The predicted octanol–water partition coefficient (Wildman–Crippen LogP) is 2.52. The maximum atomic E-state index is 13.5. The van der Waals surface area contributed by atoms with Gasteiger partial charge < -0.3 is 9.84 Å². The highest BCUT2D eigenvalue weighted by Gasteiger charge is 2.35. The zero-order valence-corrected chi connectivity index (χ0v) is 9.66. The highest BCUT2D eigenvalue weighted by Crippen LogP contribution is 2.35. The molecule has 0 amide bonds. The molecule has 0 saturated carbocycles. The standard InChI is InChI=1S/C13H17FO2/c1-9-3-4-11(7-12(9)14)13(15)5-6-16-10(2)8-13/h3-4,7,10,15H,5-6,8H2,1-2H3. The van der Waals surface area contributed by atoms with Gasteiger partial charge in [-0.25, -0.2) is 4.39 Å². The molecular formula is C13H17FO2. The second kappa shape index (κ2) is 4.15. The zero-order valence-electron chi connectivity index (χ0n) is 9.66. The molecule has 3 heteroatoms. The summed E-state index contributed by atoms with van der Waals surface area (Å²) in [7, 11) is 0. The van der Waals surface area contributed by atoms with Gasteiger partial charge in [0.15, 0.2) is 0 Å². The van der Waals surface area contributed by atoms with Crippen molar-refractivity contribution >= 4 is 0 Å². The van der Waals surface area contributed by atoms with Crippen LogP contribution in [0.4, 0.5) is 4.39 Å². The van der Waals surface area contributed by atoms with Crippen LogP contribution in [0, 0.1) is 12.7 Å². The second-order valence-corrected chi connectivity index (χ2v) is 4.63. The summed E-state index contributed by atoms with van der Waals surface area (Å²) in [6.07, 6.45) is 1.07. The lowest BCUT2D eigenvalue weighted by Gasteiger charge is -2.36. The van der Waals surface area contributed by atoms with E-state index in [-0.39, 0.29) is 11.9 Å². The van der Waals surface area contributed by atoms with Crippen LogP contribution < -0.4 is 0 Å². The van der Waals surface area contributed by atoms with E-state index in [9.17, 15) is 9.50 Å². The Labute approximate surface area is 95.1 Å². The average molecular weight is 224 g/mol. The maximum Gasteiger partial charge on any atom is 0.126 e. The molecule has 1 N–H and O–H groups in total. The van der Waals surface area contributed by atoms with Crippen LogP contribution in [-0.4, -0.2) is 17.8 Å². The second-order valence-electron chi connectivity index (χ2n) is 4.63. The van der Waals surface area contributed by atoms with E-state index >= 15 is 0 Å². The van der Waals surface area contributed by atoms with Gasteiger partial charge in [0.2, 0.25) is 0 Å². The zero-order chi connectivity index (χ0) is 11.8. The first-order chi connectivity index (χ1) is 7.51. The molecule has 0 aliphatic carbocycles. The van der Waals surface area contributed by atoms with Gasteiger partial charge in [-0.3, -0.25) is 0 Å². The number of hydrogen-bond acceptors (Lipinski definition) is 2. The van der Waals surface area contributed by atoms with Crippen LogP contribution in [0.3, 0.4) is 0 Å². The molecule has 88 valence electrons. The van der Waals surface area contributed by atoms with E-state index in [1.165, 1.54) is 6.07 Å². The molecule has 2 rings (SSSR count). The molecule has 2 unspecified atom stereocenters. The number of rotatable bonds is 1. The van der Waals surface area contributed by atoms with Crippen molar-refractivity contribution in [3.63, 3.8) is 0 Å². The Kier molecular flexibility index (Phi) is 3.00. The molecule has 2 atom stereocenters. The van der Waals surface area contributed by atoms with E-state index in [1.807, 2.05) is 6.92 Å². The summed E-state index contributed by atoms with van der Waals surface area (Å²) in [6.45, 7) is 4.16. The Balaban J connectivity index is 2.31. The lowest BCUT2D eigenvalue weighted by atomic mass is 9.84. The Bertz CT molecular complexity index is 392. The van der Waals surface area contributed by atoms with Crippen molar-refractivity contribution in [2.75, 3.05) is 6.61 Å². The molecule has 1 fully saturated rings. The third kappa shape index (κ3) is 2.11. The topological polar surface area (TPSA) is 29.5 Å². The first-order valence-corrected chi connectivity index (χ1v) is 5.62. The summed E-state index contributed by atoms with van der Waals surface area (Å²) < 4.78 is 18.9. The third-order valence-corrected chi connectivity index (χ3v) is 3.25. The summed E-state index contributed by atoms with van der Waals surface area (Å²) >= 11 is 0. The van der Waals surface area contributed by atoms with Gasteiger partial charge in [0, 0.05) is 12.8 Å². The molecular weight excluding hydrogens is 207 g/mol. The maximum absolute atomic E-state index is 13.5. The number of hydrogen-bond donors (Lipinski definition) is 1. The molecule has 1 aliphatic heterocycles. The normalized spacial score (nSPS) is 30.4. The Morgan fingerprint density at radius 3 is 2.88 bits per heavy atom. The molecule has 16 heavy (non-hydrogen) atoms. The molecule has 1 aromatic rings. The van der Waals surface area contributed by atoms with Gasteiger partial charge in [-0.05, 0) is 31.0 Å². The Hall–Kier alpha value is -0.930. The minimum atomic E-state index is -0.938. The first-order valence-electron chi connectivity index (χ1n) is 5.62. The third-order valence-electron chi connectivity index (χ3n) is 3.25. The minimum absolute atomic E-state index is 0.0168. The van der Waals surface area contributed by atoms with Crippen molar-refractivity contribution in [2.45, 2.75) is 38.4 Å². The summed E-state index contributed by atoms with van der Waals surface area (Å²) in [6, 6.07) is 4.95. The summed E-state index contributed by atoms with van der Waals surface area (Å²) in [5.74, 6) is -0.259. The lowest BCUT2D eigenvalue weighted by Crippen LogP contribution is -2.37. The van der Waals surface area contributed by atoms with Crippen molar-refractivity contribution in [1.29, 1.82) is 0 Å². The highest BCUT2D eigenvalue weighted by molar-refractivity contribution is 5.28. The largest absolute Gasteiger partial charge is 0.385 e. The molecule has 0 aromatic heterocycles. The summed E-state index contributed by atoms with van der Waals surface area (Å²) in [4.78, 5) is 0. The van der Waals surface area contributed by atoms with Crippen molar-refractivity contribution in [2.24, 2.45) is 0 Å². The quantitative estimate of drug-likeness (QED) is 0.794. The van der Waals surface area contributed by atoms with Gasteiger partial charge in [-0.2, -0.15) is 0 Å². The lowest BCUT2D eigenvalue weighted by molar-refractivity contribution is -0.101. The minimum Gasteiger partial charge on any atom is -0.385 e. The average Bonchev–Trinajstić information content (AvgIpc) is 2.21. The van der Waals surface area contributed by atoms with E-state index in [0.29, 0.717) is 30.6 Å². The van der Waals surface area contributed by atoms with E-state index in [4.69, 9.17) is 4.74 Å². The molecule has 1 saturated heterocycles.